The lowest BCUT2D eigenvalue weighted by Gasteiger charge is -1.86. The van der Waals surface area contributed by atoms with Gasteiger partial charge in [-0.1, -0.05) is 6.08 Å². The molecule has 0 aromatic carbocycles. The van der Waals surface area contributed by atoms with Crippen molar-refractivity contribution >= 4 is 9.76 Å². The highest BCUT2D eigenvalue weighted by Gasteiger charge is 1.62. The van der Waals surface area contributed by atoms with E-state index in [4.69, 9.17) is 4.43 Å². The van der Waals surface area contributed by atoms with E-state index >= 15 is 0 Å². The molecule has 0 bridgehead atoms. The summed E-state index contributed by atoms with van der Waals surface area (Å²) in [6.45, 7) is 4.05. The second kappa shape index (κ2) is 4.76. The molecule has 0 saturated heterocycles. The van der Waals surface area contributed by atoms with Crippen molar-refractivity contribution < 1.29 is 4.43 Å². The van der Waals surface area contributed by atoms with Gasteiger partial charge < -0.3 is 4.43 Å². The summed E-state index contributed by atoms with van der Waals surface area (Å²) < 4.78 is 4.94. The molecule has 0 saturated carbocycles. The van der Waals surface area contributed by atoms with E-state index in [2.05, 4.69) is 6.55 Å². The van der Waals surface area contributed by atoms with Crippen molar-refractivity contribution in [1.29, 1.82) is 0 Å². The van der Waals surface area contributed by atoms with Crippen LogP contribution >= 0.6 is 0 Å². The van der Waals surface area contributed by atoms with Crippen molar-refractivity contribution in [1.82, 2.24) is 0 Å². The molecule has 0 spiro atoms. The quantitative estimate of drug-likeness (QED) is 0.368. The zero-order valence-corrected chi connectivity index (χ0v) is 5.68. The first-order valence-corrected chi connectivity index (χ1v) is 4.13. The van der Waals surface area contributed by atoms with E-state index in [1.165, 1.54) is 0 Å². The van der Waals surface area contributed by atoms with Gasteiger partial charge in [-0.15, -0.1) is 0 Å². The molecule has 0 aliphatic rings. The molecule has 0 N–H and O–H groups in total. The van der Waals surface area contributed by atoms with Crippen LogP contribution in [0.4, 0.5) is 0 Å². The Balaban J connectivity index is 2.66. The summed E-state index contributed by atoms with van der Waals surface area (Å²) >= 11 is 0. The number of hydrogen-bond donors (Lipinski definition) is 0. The van der Waals surface area contributed by atoms with E-state index in [1.807, 2.05) is 13.0 Å². The van der Waals surface area contributed by atoms with Crippen LogP contribution in [0.15, 0.2) is 12.3 Å². The fourth-order valence-electron chi connectivity index (χ4n) is 0.192. The molecule has 0 aliphatic heterocycles. The van der Waals surface area contributed by atoms with Crippen molar-refractivity contribution in [3.8, 4) is 0 Å². The molecule has 0 heterocycles. The summed E-state index contributed by atoms with van der Waals surface area (Å²) in [6, 6.07) is 0. The summed E-state index contributed by atoms with van der Waals surface area (Å²) in [6.07, 6.45) is 3.64. The highest BCUT2D eigenvalue weighted by Crippen LogP contribution is 1.69. The van der Waals surface area contributed by atoms with E-state index in [-0.39, 0.29) is 9.76 Å². The Morgan fingerprint density at radius 3 is 2.50 bits per heavy atom. The highest BCUT2D eigenvalue weighted by atomic mass is 28.2. The van der Waals surface area contributed by atoms with Crippen LogP contribution in [0.3, 0.4) is 0 Å². The zero-order chi connectivity index (χ0) is 4.83. The van der Waals surface area contributed by atoms with Crippen LogP contribution in [0.5, 0.6) is 0 Å². The Bertz CT molecular complexity index is 42.8. The standard InChI is InChI=1S/C4H10OSi/c1-3-4-5-6-2/h3-4H,6H2,1-2H3. The van der Waals surface area contributed by atoms with Gasteiger partial charge in [0.15, 0.2) is 0 Å². The van der Waals surface area contributed by atoms with E-state index in [0.717, 1.165) is 0 Å². The zero-order valence-electron chi connectivity index (χ0n) is 4.27. The van der Waals surface area contributed by atoms with Gasteiger partial charge in [-0.2, -0.15) is 0 Å². The van der Waals surface area contributed by atoms with E-state index < -0.39 is 0 Å². The molecule has 1 nitrogen and oxygen atoms in total. The van der Waals surface area contributed by atoms with Crippen molar-refractivity contribution in [3.05, 3.63) is 12.3 Å². The SMILES string of the molecule is CC=CO[SiH2]C. The van der Waals surface area contributed by atoms with Crippen LogP contribution in [0, 0.1) is 0 Å². The summed E-state index contributed by atoms with van der Waals surface area (Å²) in [5.74, 6) is 0. The average Bonchev–Trinajstić information content (AvgIpc) is 1.61. The minimum absolute atomic E-state index is 0.184. The fraction of sp³-hybridized carbons (Fsp3) is 0.500. The van der Waals surface area contributed by atoms with Crippen molar-refractivity contribution in [2.24, 2.45) is 0 Å². The molecule has 0 aliphatic carbocycles. The molecule has 0 amide bonds. The Hall–Kier alpha value is -0.243. The van der Waals surface area contributed by atoms with Crippen molar-refractivity contribution in [2.45, 2.75) is 13.5 Å². The number of allylic oxidation sites excluding steroid dienone is 1. The van der Waals surface area contributed by atoms with Crippen LogP contribution in [0.2, 0.25) is 6.55 Å². The summed E-state index contributed by atoms with van der Waals surface area (Å²) in [5.41, 5.74) is 0. The molecule has 0 aromatic rings. The predicted octanol–water partition coefficient (Wildman–Crippen LogP) is 0.668. The second-order valence-corrected chi connectivity index (χ2v) is 1.84. The van der Waals surface area contributed by atoms with Gasteiger partial charge in [0, 0.05) is 0 Å². The molecule has 0 fully saturated rings. The molecule has 0 atom stereocenters. The first-order chi connectivity index (χ1) is 2.91. The first-order valence-electron chi connectivity index (χ1n) is 2.14. The van der Waals surface area contributed by atoms with Gasteiger partial charge in [-0.25, -0.2) is 0 Å². The van der Waals surface area contributed by atoms with E-state index in [0.29, 0.717) is 0 Å². The second-order valence-electron chi connectivity index (χ2n) is 0.925. The van der Waals surface area contributed by atoms with Crippen molar-refractivity contribution in [3.63, 3.8) is 0 Å². The fourth-order valence-corrected chi connectivity index (χ4v) is 0.577. The molecular weight excluding hydrogens is 92.1 g/mol. The lowest BCUT2D eigenvalue weighted by Crippen LogP contribution is -1.79. The molecule has 36 valence electrons. The summed E-state index contributed by atoms with van der Waals surface area (Å²) in [5, 5.41) is 0. The predicted molar refractivity (Wildman–Crippen MR) is 30.3 cm³/mol. The molecule has 6 heavy (non-hydrogen) atoms. The smallest absolute Gasteiger partial charge is 0.215 e. The van der Waals surface area contributed by atoms with Gasteiger partial charge >= 0.3 is 0 Å². The van der Waals surface area contributed by atoms with Crippen LogP contribution in [-0.4, -0.2) is 9.76 Å². The maximum atomic E-state index is 4.94. The number of rotatable bonds is 2. The Morgan fingerprint density at radius 2 is 2.33 bits per heavy atom. The maximum Gasteiger partial charge on any atom is 0.215 e. The Labute approximate surface area is 41.0 Å². The van der Waals surface area contributed by atoms with Gasteiger partial charge in [-0.3, -0.25) is 0 Å². The third-order valence-electron chi connectivity index (χ3n) is 0.399. The van der Waals surface area contributed by atoms with Crippen LogP contribution < -0.4 is 0 Å². The number of hydrogen-bond acceptors (Lipinski definition) is 1. The molecule has 0 rings (SSSR count). The van der Waals surface area contributed by atoms with Crippen LogP contribution in [0.1, 0.15) is 6.92 Å². The van der Waals surface area contributed by atoms with Crippen molar-refractivity contribution in [2.75, 3.05) is 0 Å². The molecule has 0 radical (unpaired) electrons. The van der Waals surface area contributed by atoms with Crippen LogP contribution in [0.25, 0.3) is 0 Å². The Morgan fingerprint density at radius 1 is 1.67 bits per heavy atom. The van der Waals surface area contributed by atoms with Crippen LogP contribution in [-0.2, 0) is 4.43 Å². The Kier molecular flexibility index (Phi) is 4.56. The van der Waals surface area contributed by atoms with E-state index in [1.54, 1.807) is 6.26 Å². The minimum atomic E-state index is -0.184. The minimum Gasteiger partial charge on any atom is -0.555 e. The third kappa shape index (κ3) is 3.76. The first kappa shape index (κ1) is 5.76. The molecule has 2 heteroatoms. The molecular formula is C4H10OSi. The van der Waals surface area contributed by atoms with E-state index in [9.17, 15) is 0 Å². The lowest BCUT2D eigenvalue weighted by atomic mass is 10.8. The summed E-state index contributed by atoms with van der Waals surface area (Å²) in [4.78, 5) is 0. The largest absolute Gasteiger partial charge is 0.555 e. The topological polar surface area (TPSA) is 9.23 Å². The van der Waals surface area contributed by atoms with Gasteiger partial charge in [0.2, 0.25) is 9.76 Å². The third-order valence-corrected chi connectivity index (χ3v) is 0.925. The summed E-state index contributed by atoms with van der Waals surface area (Å²) in [7, 11) is -0.184. The van der Waals surface area contributed by atoms with Gasteiger partial charge in [0.05, 0.1) is 6.26 Å². The van der Waals surface area contributed by atoms with Gasteiger partial charge in [0.1, 0.15) is 0 Å². The molecule has 0 unspecified atom stereocenters. The van der Waals surface area contributed by atoms with Gasteiger partial charge in [0.25, 0.3) is 0 Å². The molecule has 0 aromatic heterocycles. The lowest BCUT2D eigenvalue weighted by molar-refractivity contribution is 0.518. The highest BCUT2D eigenvalue weighted by molar-refractivity contribution is 6.25. The monoisotopic (exact) mass is 102 g/mol. The maximum absolute atomic E-state index is 4.94. The average molecular weight is 102 g/mol. The normalized spacial score (nSPS) is 11.7. The van der Waals surface area contributed by atoms with Gasteiger partial charge in [-0.05, 0) is 13.5 Å².